The van der Waals surface area contributed by atoms with Gasteiger partial charge >= 0.3 is 0 Å². The number of hydrogen-bond acceptors (Lipinski definition) is 1. The minimum atomic E-state index is 0.498. The second kappa shape index (κ2) is 4.21. The van der Waals surface area contributed by atoms with E-state index in [0.29, 0.717) is 5.41 Å². The highest BCUT2D eigenvalue weighted by Crippen LogP contribution is 2.27. The molecule has 1 unspecified atom stereocenters. The average molecular weight is 146 g/mol. The highest BCUT2D eigenvalue weighted by atomic mass is 32.1. The SMILES string of the molecule is CCCC(C)(CC)CS. The Bertz CT molecular complexity index is 65.0. The van der Waals surface area contributed by atoms with Crippen LogP contribution < -0.4 is 0 Å². The maximum atomic E-state index is 4.32. The van der Waals surface area contributed by atoms with Gasteiger partial charge in [0.2, 0.25) is 0 Å². The first-order valence-electron chi connectivity index (χ1n) is 3.79. The molecule has 0 aromatic carbocycles. The molecule has 9 heavy (non-hydrogen) atoms. The van der Waals surface area contributed by atoms with Crippen LogP contribution in [0.1, 0.15) is 40.0 Å². The van der Waals surface area contributed by atoms with Crippen molar-refractivity contribution in [3.63, 3.8) is 0 Å². The lowest BCUT2D eigenvalue weighted by Gasteiger charge is -2.24. The second-order valence-corrected chi connectivity index (χ2v) is 3.39. The first-order valence-corrected chi connectivity index (χ1v) is 4.42. The van der Waals surface area contributed by atoms with Crippen LogP contribution in [0.15, 0.2) is 0 Å². The van der Waals surface area contributed by atoms with Gasteiger partial charge in [-0.15, -0.1) is 0 Å². The molecule has 0 radical (unpaired) electrons. The van der Waals surface area contributed by atoms with E-state index < -0.39 is 0 Å². The van der Waals surface area contributed by atoms with Crippen molar-refractivity contribution in [2.75, 3.05) is 5.75 Å². The lowest BCUT2D eigenvalue weighted by Crippen LogP contribution is -2.16. The monoisotopic (exact) mass is 146 g/mol. The third-order valence-corrected chi connectivity index (χ3v) is 2.85. The first kappa shape index (κ1) is 9.35. The van der Waals surface area contributed by atoms with E-state index >= 15 is 0 Å². The number of rotatable bonds is 4. The molecule has 0 saturated heterocycles. The van der Waals surface area contributed by atoms with Crippen LogP contribution in [0.3, 0.4) is 0 Å². The molecule has 0 aliphatic heterocycles. The minimum absolute atomic E-state index is 0.498. The van der Waals surface area contributed by atoms with Crippen molar-refractivity contribution < 1.29 is 0 Å². The Morgan fingerprint density at radius 1 is 1.33 bits per heavy atom. The Morgan fingerprint density at radius 3 is 2.00 bits per heavy atom. The van der Waals surface area contributed by atoms with Gasteiger partial charge in [-0.25, -0.2) is 0 Å². The zero-order valence-corrected chi connectivity index (χ0v) is 7.67. The molecule has 0 aliphatic rings. The summed E-state index contributed by atoms with van der Waals surface area (Å²) in [5.74, 6) is 1.03. The van der Waals surface area contributed by atoms with E-state index in [4.69, 9.17) is 0 Å². The van der Waals surface area contributed by atoms with Gasteiger partial charge in [0.25, 0.3) is 0 Å². The standard InChI is InChI=1S/C8H18S/c1-4-6-8(3,5-2)7-9/h9H,4-7H2,1-3H3. The van der Waals surface area contributed by atoms with Crippen LogP contribution in [0.4, 0.5) is 0 Å². The molecule has 0 nitrogen and oxygen atoms in total. The molecular weight excluding hydrogens is 128 g/mol. The van der Waals surface area contributed by atoms with E-state index in [1.54, 1.807) is 0 Å². The van der Waals surface area contributed by atoms with Crippen LogP contribution in [-0.2, 0) is 0 Å². The first-order chi connectivity index (χ1) is 4.18. The molecule has 1 atom stereocenters. The molecule has 0 N–H and O–H groups in total. The van der Waals surface area contributed by atoms with Crippen molar-refractivity contribution in [3.8, 4) is 0 Å². The summed E-state index contributed by atoms with van der Waals surface area (Å²) in [5, 5.41) is 0. The normalized spacial score (nSPS) is 17.3. The highest BCUT2D eigenvalue weighted by Gasteiger charge is 2.17. The van der Waals surface area contributed by atoms with E-state index in [0.717, 1.165) is 5.75 Å². The van der Waals surface area contributed by atoms with Gasteiger partial charge in [0.05, 0.1) is 0 Å². The van der Waals surface area contributed by atoms with Crippen LogP contribution >= 0.6 is 12.6 Å². The van der Waals surface area contributed by atoms with Crippen LogP contribution in [0.25, 0.3) is 0 Å². The summed E-state index contributed by atoms with van der Waals surface area (Å²) < 4.78 is 0. The Labute approximate surface area is 64.4 Å². The van der Waals surface area contributed by atoms with Crippen LogP contribution in [-0.4, -0.2) is 5.75 Å². The fraction of sp³-hybridized carbons (Fsp3) is 1.00. The fourth-order valence-corrected chi connectivity index (χ4v) is 1.35. The molecule has 0 aliphatic carbocycles. The van der Waals surface area contributed by atoms with Crippen molar-refractivity contribution in [3.05, 3.63) is 0 Å². The van der Waals surface area contributed by atoms with Crippen molar-refractivity contribution in [1.82, 2.24) is 0 Å². The van der Waals surface area contributed by atoms with Crippen LogP contribution in [0.2, 0.25) is 0 Å². The lowest BCUT2D eigenvalue weighted by molar-refractivity contribution is 0.328. The smallest absolute Gasteiger partial charge is 0.00439 e. The number of hydrogen-bond donors (Lipinski definition) is 1. The molecule has 0 bridgehead atoms. The zero-order valence-electron chi connectivity index (χ0n) is 6.78. The molecule has 0 aromatic heterocycles. The molecular formula is C8H18S. The van der Waals surface area contributed by atoms with E-state index in [9.17, 15) is 0 Å². The summed E-state index contributed by atoms with van der Waals surface area (Å²) in [6, 6.07) is 0. The molecule has 0 heterocycles. The van der Waals surface area contributed by atoms with Crippen LogP contribution in [0, 0.1) is 5.41 Å². The topological polar surface area (TPSA) is 0 Å². The van der Waals surface area contributed by atoms with Crippen LogP contribution in [0.5, 0.6) is 0 Å². The van der Waals surface area contributed by atoms with Crippen molar-refractivity contribution in [2.24, 2.45) is 5.41 Å². The summed E-state index contributed by atoms with van der Waals surface area (Å²) in [7, 11) is 0. The van der Waals surface area contributed by atoms with Gasteiger partial charge in [-0.2, -0.15) is 12.6 Å². The molecule has 0 spiro atoms. The van der Waals surface area contributed by atoms with Crippen molar-refractivity contribution in [1.29, 1.82) is 0 Å². The zero-order chi connectivity index (χ0) is 7.33. The van der Waals surface area contributed by atoms with Gasteiger partial charge in [0.15, 0.2) is 0 Å². The fourth-order valence-electron chi connectivity index (χ4n) is 0.971. The molecule has 0 saturated carbocycles. The summed E-state index contributed by atoms with van der Waals surface area (Å²) in [6.45, 7) is 6.78. The van der Waals surface area contributed by atoms with E-state index in [-0.39, 0.29) is 0 Å². The quantitative estimate of drug-likeness (QED) is 0.579. The Kier molecular flexibility index (Phi) is 4.37. The van der Waals surface area contributed by atoms with Gasteiger partial charge < -0.3 is 0 Å². The van der Waals surface area contributed by atoms with E-state index in [1.165, 1.54) is 19.3 Å². The predicted octanol–water partition coefficient (Wildman–Crippen LogP) is 3.13. The lowest BCUT2D eigenvalue weighted by atomic mass is 9.85. The summed E-state index contributed by atoms with van der Waals surface area (Å²) in [5.41, 5.74) is 0.498. The van der Waals surface area contributed by atoms with Gasteiger partial charge in [-0.1, -0.05) is 27.2 Å². The average Bonchev–Trinajstić information content (AvgIpc) is 1.89. The highest BCUT2D eigenvalue weighted by molar-refractivity contribution is 7.80. The second-order valence-electron chi connectivity index (χ2n) is 3.07. The van der Waals surface area contributed by atoms with E-state index in [1.807, 2.05) is 0 Å². The van der Waals surface area contributed by atoms with Gasteiger partial charge in [0, 0.05) is 0 Å². The predicted molar refractivity (Wildman–Crippen MR) is 47.2 cm³/mol. The third kappa shape index (κ3) is 3.14. The summed E-state index contributed by atoms with van der Waals surface area (Å²) in [4.78, 5) is 0. The number of thiol groups is 1. The molecule has 0 aromatic rings. The molecule has 1 heteroatoms. The maximum absolute atomic E-state index is 4.32. The molecule has 56 valence electrons. The van der Waals surface area contributed by atoms with E-state index in [2.05, 4.69) is 33.4 Å². The Morgan fingerprint density at radius 2 is 1.89 bits per heavy atom. The van der Waals surface area contributed by atoms with Gasteiger partial charge in [0.1, 0.15) is 0 Å². The van der Waals surface area contributed by atoms with Crippen molar-refractivity contribution >= 4 is 12.6 Å². The Balaban J connectivity index is 3.62. The molecule has 0 amide bonds. The minimum Gasteiger partial charge on any atom is -0.179 e. The van der Waals surface area contributed by atoms with Crippen molar-refractivity contribution in [2.45, 2.75) is 40.0 Å². The third-order valence-electron chi connectivity index (χ3n) is 2.09. The van der Waals surface area contributed by atoms with Gasteiger partial charge in [-0.05, 0) is 24.0 Å². The van der Waals surface area contributed by atoms with Gasteiger partial charge in [-0.3, -0.25) is 0 Å². The molecule has 0 rings (SSSR count). The summed E-state index contributed by atoms with van der Waals surface area (Å²) in [6.07, 6.45) is 3.85. The maximum Gasteiger partial charge on any atom is -0.00439 e. The largest absolute Gasteiger partial charge is 0.179 e. The summed E-state index contributed by atoms with van der Waals surface area (Å²) >= 11 is 4.32. The molecule has 0 fully saturated rings. The Hall–Kier alpha value is 0.350.